The van der Waals surface area contributed by atoms with Gasteiger partial charge >= 0.3 is 0 Å². The maximum Gasteiger partial charge on any atom is 0.233 e. The number of benzene rings is 2. The molecule has 0 unspecified atom stereocenters. The average Bonchev–Trinajstić information content (AvgIpc) is 3.06. The third kappa shape index (κ3) is 3.79. The van der Waals surface area contributed by atoms with E-state index in [-0.39, 0.29) is 28.6 Å². The van der Waals surface area contributed by atoms with Gasteiger partial charge in [0.1, 0.15) is 23.3 Å². The van der Waals surface area contributed by atoms with Crippen molar-refractivity contribution in [1.29, 1.82) is 0 Å². The van der Waals surface area contributed by atoms with Gasteiger partial charge in [-0.05, 0) is 12.1 Å². The largest absolute Gasteiger partial charge is 0.486 e. The first-order valence-electron chi connectivity index (χ1n) is 8.38. The number of aliphatic hydroxyl groups excluding tert-OH is 1. The zero-order valence-corrected chi connectivity index (χ0v) is 15.8. The summed E-state index contributed by atoms with van der Waals surface area (Å²) in [6.45, 7) is 12.4. The summed E-state index contributed by atoms with van der Waals surface area (Å²) < 4.78 is 46.3. The third-order valence-electron chi connectivity index (χ3n) is 4.61. The van der Waals surface area contributed by atoms with Gasteiger partial charge < -0.3 is 14.9 Å². The summed E-state index contributed by atoms with van der Waals surface area (Å²) in [5, 5.41) is 20.4. The predicted molar refractivity (Wildman–Crippen MR) is 101 cm³/mol. The second kappa shape index (κ2) is 7.78. The molecule has 0 saturated carbocycles. The maximum atomic E-state index is 13.8. The lowest BCUT2D eigenvalue weighted by atomic mass is 10.0. The fourth-order valence-corrected chi connectivity index (χ4v) is 4.66. The number of β-amino-alcohol motifs (C(OH)–C–C–N with tert-alkyl or cyclic N) is 1. The predicted octanol–water partition coefficient (Wildman–Crippen LogP) is 2.10. The molecule has 1 aliphatic heterocycles. The first kappa shape index (κ1) is 20.7. The normalized spacial score (nSPS) is 22.0. The van der Waals surface area contributed by atoms with Crippen LogP contribution < -0.4 is 4.74 Å². The smallest absolute Gasteiger partial charge is 0.233 e. The number of rotatable bonds is 5. The number of hydrogen-bond acceptors (Lipinski definition) is 5. The number of aliphatic hydroxyl groups is 2. The summed E-state index contributed by atoms with van der Waals surface area (Å²) >= 11 is 0. The van der Waals surface area contributed by atoms with Crippen molar-refractivity contribution in [3.05, 3.63) is 71.1 Å². The van der Waals surface area contributed by atoms with Crippen LogP contribution in [-0.4, -0.2) is 54.3 Å². The zero-order valence-electron chi connectivity index (χ0n) is 15.0. The molecule has 1 aliphatic rings. The summed E-state index contributed by atoms with van der Waals surface area (Å²) in [6.07, 6.45) is -1.19. The van der Waals surface area contributed by atoms with E-state index >= 15 is 0 Å². The molecule has 29 heavy (non-hydrogen) atoms. The van der Waals surface area contributed by atoms with Gasteiger partial charge in [0.25, 0.3) is 0 Å². The molecule has 3 rings (SSSR count). The van der Waals surface area contributed by atoms with E-state index in [1.807, 2.05) is 0 Å². The van der Waals surface area contributed by atoms with E-state index in [0.29, 0.717) is 0 Å². The van der Waals surface area contributed by atoms with Crippen LogP contribution in [0, 0.1) is 19.0 Å². The summed E-state index contributed by atoms with van der Waals surface area (Å²) in [6, 6.07) is 9.14. The molecule has 8 nitrogen and oxygen atoms in total. The van der Waals surface area contributed by atoms with Crippen LogP contribution in [0.2, 0.25) is 0 Å². The SMILES string of the molecule is [C-]#[N+]c1ccc(O[C@H]2CN(S(=O)(=O)c3ccccc3[N+]#[C-])C[C@@]2(O)CO)cc1F. The van der Waals surface area contributed by atoms with E-state index in [9.17, 15) is 23.0 Å². The van der Waals surface area contributed by atoms with Gasteiger partial charge in [-0.3, -0.25) is 0 Å². The van der Waals surface area contributed by atoms with E-state index in [1.54, 1.807) is 0 Å². The summed E-state index contributed by atoms with van der Waals surface area (Å²) in [7, 11) is -4.15. The second-order valence-electron chi connectivity index (χ2n) is 6.47. The van der Waals surface area contributed by atoms with Crippen molar-refractivity contribution in [2.45, 2.75) is 16.6 Å². The van der Waals surface area contributed by atoms with E-state index in [0.717, 1.165) is 10.4 Å². The minimum atomic E-state index is -4.15. The number of ether oxygens (including phenoxy) is 1. The number of hydrogen-bond donors (Lipinski definition) is 2. The number of sulfonamides is 1. The summed E-state index contributed by atoms with van der Waals surface area (Å²) in [5.41, 5.74) is -2.21. The highest BCUT2D eigenvalue weighted by Crippen LogP contribution is 2.34. The molecule has 1 heterocycles. The minimum absolute atomic E-state index is 0.0208. The zero-order chi connectivity index (χ0) is 21.2. The molecule has 1 fully saturated rings. The molecule has 10 heteroatoms. The molecule has 0 spiro atoms. The fourth-order valence-electron chi connectivity index (χ4n) is 3.03. The Labute approximate surface area is 167 Å². The molecule has 0 aliphatic carbocycles. The Hall–Kier alpha value is -3.02. The maximum absolute atomic E-state index is 13.8. The Morgan fingerprint density at radius 2 is 1.90 bits per heavy atom. The molecule has 0 aromatic heterocycles. The van der Waals surface area contributed by atoms with E-state index < -0.39 is 40.7 Å². The molecule has 1 saturated heterocycles. The van der Waals surface area contributed by atoms with Crippen LogP contribution in [0.25, 0.3) is 9.69 Å². The quantitative estimate of drug-likeness (QED) is 0.727. The van der Waals surface area contributed by atoms with Gasteiger partial charge in [-0.2, -0.15) is 4.31 Å². The average molecular weight is 417 g/mol. The van der Waals surface area contributed by atoms with Crippen LogP contribution in [0.1, 0.15) is 0 Å². The van der Waals surface area contributed by atoms with Crippen molar-refractivity contribution in [2.24, 2.45) is 0 Å². The fraction of sp³-hybridized carbons (Fsp3) is 0.263. The topological polar surface area (TPSA) is 95.8 Å². The van der Waals surface area contributed by atoms with Crippen molar-refractivity contribution >= 4 is 21.4 Å². The molecule has 150 valence electrons. The number of para-hydroxylation sites is 1. The molecular formula is C19H16FN3O5S. The second-order valence-corrected chi connectivity index (χ2v) is 8.38. The van der Waals surface area contributed by atoms with E-state index in [2.05, 4.69) is 9.69 Å². The van der Waals surface area contributed by atoms with Gasteiger partial charge in [0.05, 0.1) is 31.2 Å². The lowest BCUT2D eigenvalue weighted by molar-refractivity contribution is -0.0641. The highest BCUT2D eigenvalue weighted by molar-refractivity contribution is 7.89. The first-order valence-corrected chi connectivity index (χ1v) is 9.83. The van der Waals surface area contributed by atoms with E-state index in [1.165, 1.54) is 36.4 Å². The lowest BCUT2D eigenvalue weighted by Gasteiger charge is -2.27. The van der Waals surface area contributed by atoms with Gasteiger partial charge in [-0.25, -0.2) is 22.5 Å². The van der Waals surface area contributed by atoms with Crippen LogP contribution in [0.4, 0.5) is 15.8 Å². The minimum Gasteiger partial charge on any atom is -0.486 e. The van der Waals surface area contributed by atoms with Crippen molar-refractivity contribution in [3.8, 4) is 5.75 Å². The van der Waals surface area contributed by atoms with Crippen LogP contribution in [0.3, 0.4) is 0 Å². The Kier molecular flexibility index (Phi) is 5.55. The molecule has 2 aromatic rings. The Bertz CT molecular complexity index is 1130. The highest BCUT2D eigenvalue weighted by atomic mass is 32.2. The van der Waals surface area contributed by atoms with Crippen molar-refractivity contribution in [1.82, 2.24) is 4.31 Å². The van der Waals surface area contributed by atoms with E-state index in [4.69, 9.17) is 17.9 Å². The van der Waals surface area contributed by atoms with Crippen molar-refractivity contribution in [2.75, 3.05) is 19.7 Å². The molecule has 2 atom stereocenters. The highest BCUT2D eigenvalue weighted by Gasteiger charge is 2.51. The van der Waals surface area contributed by atoms with Gasteiger partial charge in [0.2, 0.25) is 21.4 Å². The summed E-state index contributed by atoms with van der Waals surface area (Å²) in [4.78, 5) is 5.99. The number of halogens is 1. The Balaban J connectivity index is 1.91. The standard InChI is InChI=1S/C19H16FN3O5S/c1-21-15-8-7-13(9-14(15)20)28-18-10-23(11-19(18,25)12-24)29(26,27)17-6-4-3-5-16(17)22-2/h3-9,18,24-25H,10-12H2/t18-,19+/m0/s1. The van der Waals surface area contributed by atoms with Crippen LogP contribution in [0.5, 0.6) is 5.75 Å². The van der Waals surface area contributed by atoms with Gasteiger partial charge in [0.15, 0.2) is 0 Å². The Morgan fingerprint density at radius 3 is 2.52 bits per heavy atom. The third-order valence-corrected chi connectivity index (χ3v) is 6.47. The molecule has 2 N–H and O–H groups in total. The van der Waals surface area contributed by atoms with Gasteiger partial charge in [0, 0.05) is 12.6 Å². The monoisotopic (exact) mass is 417 g/mol. The lowest BCUT2D eigenvalue weighted by Crippen LogP contribution is -2.48. The molecule has 0 radical (unpaired) electrons. The van der Waals surface area contributed by atoms with Gasteiger partial charge in [-0.1, -0.05) is 24.3 Å². The van der Waals surface area contributed by atoms with Crippen LogP contribution in [-0.2, 0) is 10.0 Å². The first-order chi connectivity index (χ1) is 13.7. The molecule has 0 bridgehead atoms. The Morgan fingerprint density at radius 1 is 1.21 bits per heavy atom. The molecule has 0 amide bonds. The van der Waals surface area contributed by atoms with Crippen LogP contribution >= 0.6 is 0 Å². The number of nitrogens with zero attached hydrogens (tertiary/aromatic N) is 3. The van der Waals surface area contributed by atoms with Crippen LogP contribution in [0.15, 0.2) is 47.4 Å². The molecular weight excluding hydrogens is 401 g/mol. The van der Waals surface area contributed by atoms with Crippen molar-refractivity contribution in [3.63, 3.8) is 0 Å². The molecule has 2 aromatic carbocycles. The van der Waals surface area contributed by atoms with Gasteiger partial charge in [-0.15, -0.1) is 0 Å². The summed E-state index contributed by atoms with van der Waals surface area (Å²) in [5.74, 6) is -0.842. The van der Waals surface area contributed by atoms with Crippen molar-refractivity contribution < 1.29 is 27.8 Å².